The van der Waals surface area contributed by atoms with Crippen LogP contribution in [-0.2, 0) is 19.1 Å². The van der Waals surface area contributed by atoms with E-state index in [1.54, 1.807) is 6.92 Å². The van der Waals surface area contributed by atoms with Gasteiger partial charge < -0.3 is 14.8 Å². The van der Waals surface area contributed by atoms with Gasteiger partial charge in [-0.15, -0.1) is 0 Å². The Labute approximate surface area is 89.1 Å². The number of hydrogen-bond acceptors (Lipinski definition) is 4. The first-order chi connectivity index (χ1) is 7.15. The Balaban J connectivity index is 2.26. The molecule has 2 unspecified atom stereocenters. The molecule has 0 aliphatic carbocycles. The molecule has 5 nitrogen and oxygen atoms in total. The van der Waals surface area contributed by atoms with E-state index in [2.05, 4.69) is 10.1 Å². The summed E-state index contributed by atoms with van der Waals surface area (Å²) in [6, 6.07) is 0. The molecule has 0 saturated carbocycles. The Bertz CT molecular complexity index is 242. The molecule has 1 heterocycles. The summed E-state index contributed by atoms with van der Waals surface area (Å²) in [4.78, 5) is 22.5. The van der Waals surface area contributed by atoms with E-state index in [9.17, 15) is 9.59 Å². The van der Waals surface area contributed by atoms with Crippen LogP contribution in [0.1, 0.15) is 20.3 Å². The predicted octanol–water partition coefficient (Wildman–Crippen LogP) is 0.0907. The maximum absolute atomic E-state index is 11.5. The minimum atomic E-state index is -0.420. The molecule has 5 heteroatoms. The molecule has 86 valence electrons. The topological polar surface area (TPSA) is 64.6 Å². The Morgan fingerprint density at radius 3 is 2.80 bits per heavy atom. The third-order valence-electron chi connectivity index (χ3n) is 2.36. The summed E-state index contributed by atoms with van der Waals surface area (Å²) in [5.41, 5.74) is 0. The molecule has 0 aromatic rings. The van der Waals surface area contributed by atoms with Crippen molar-refractivity contribution in [2.24, 2.45) is 5.92 Å². The SMILES string of the molecule is CCOC(=O)CNC(=O)C1OCCC1C. The molecule has 0 radical (unpaired) electrons. The van der Waals surface area contributed by atoms with Gasteiger partial charge in [-0.1, -0.05) is 6.92 Å². The number of rotatable bonds is 4. The molecule has 1 rings (SSSR count). The van der Waals surface area contributed by atoms with Gasteiger partial charge in [-0.2, -0.15) is 0 Å². The zero-order valence-electron chi connectivity index (χ0n) is 9.12. The number of carbonyl (C=O) groups excluding carboxylic acids is 2. The van der Waals surface area contributed by atoms with Crippen molar-refractivity contribution in [1.82, 2.24) is 5.32 Å². The summed E-state index contributed by atoms with van der Waals surface area (Å²) in [6.45, 7) is 4.53. The van der Waals surface area contributed by atoms with Gasteiger partial charge in [0.2, 0.25) is 5.91 Å². The summed E-state index contributed by atoms with van der Waals surface area (Å²) >= 11 is 0. The second-order valence-corrected chi connectivity index (χ2v) is 3.58. The Morgan fingerprint density at radius 1 is 1.53 bits per heavy atom. The van der Waals surface area contributed by atoms with Crippen LogP contribution in [0.5, 0.6) is 0 Å². The van der Waals surface area contributed by atoms with Gasteiger partial charge in [0, 0.05) is 6.61 Å². The zero-order chi connectivity index (χ0) is 11.3. The molecule has 1 aliphatic heterocycles. The van der Waals surface area contributed by atoms with Gasteiger partial charge in [-0.25, -0.2) is 0 Å². The highest BCUT2D eigenvalue weighted by molar-refractivity contribution is 5.85. The lowest BCUT2D eigenvalue weighted by Gasteiger charge is -2.13. The fourth-order valence-corrected chi connectivity index (χ4v) is 1.50. The van der Waals surface area contributed by atoms with E-state index in [4.69, 9.17) is 4.74 Å². The third-order valence-corrected chi connectivity index (χ3v) is 2.36. The molecular weight excluding hydrogens is 198 g/mol. The number of nitrogens with one attached hydrogen (secondary N) is 1. The molecule has 1 amide bonds. The number of amides is 1. The van der Waals surface area contributed by atoms with Gasteiger partial charge in [-0.05, 0) is 19.3 Å². The van der Waals surface area contributed by atoms with Crippen molar-refractivity contribution >= 4 is 11.9 Å². The average Bonchev–Trinajstić information content (AvgIpc) is 2.61. The molecule has 1 saturated heterocycles. The van der Waals surface area contributed by atoms with Crippen LogP contribution in [0.15, 0.2) is 0 Å². The molecule has 15 heavy (non-hydrogen) atoms. The summed E-state index contributed by atoms with van der Waals surface area (Å²) in [5.74, 6) is -0.434. The predicted molar refractivity (Wildman–Crippen MR) is 53.2 cm³/mol. The minimum Gasteiger partial charge on any atom is -0.465 e. The summed E-state index contributed by atoms with van der Waals surface area (Å²) in [5, 5.41) is 2.50. The molecule has 1 N–H and O–H groups in total. The molecule has 1 aliphatic rings. The number of esters is 1. The molecule has 0 spiro atoms. The second kappa shape index (κ2) is 5.70. The van der Waals surface area contributed by atoms with Crippen LogP contribution in [0, 0.1) is 5.92 Å². The average molecular weight is 215 g/mol. The number of carbonyl (C=O) groups is 2. The zero-order valence-corrected chi connectivity index (χ0v) is 9.12. The minimum absolute atomic E-state index is 0.0841. The molecule has 0 aromatic carbocycles. The molecule has 1 fully saturated rings. The van der Waals surface area contributed by atoms with E-state index in [0.717, 1.165) is 6.42 Å². The van der Waals surface area contributed by atoms with Crippen LogP contribution in [0.4, 0.5) is 0 Å². The fourth-order valence-electron chi connectivity index (χ4n) is 1.50. The first-order valence-electron chi connectivity index (χ1n) is 5.20. The molecule has 2 atom stereocenters. The molecule has 0 aromatic heterocycles. The van der Waals surface area contributed by atoms with Crippen LogP contribution in [-0.4, -0.2) is 37.7 Å². The summed E-state index contributed by atoms with van der Waals surface area (Å²) < 4.78 is 9.94. The maximum atomic E-state index is 11.5. The fraction of sp³-hybridized carbons (Fsp3) is 0.800. The monoisotopic (exact) mass is 215 g/mol. The van der Waals surface area contributed by atoms with Gasteiger partial charge >= 0.3 is 5.97 Å². The van der Waals surface area contributed by atoms with E-state index in [0.29, 0.717) is 13.2 Å². The van der Waals surface area contributed by atoms with Gasteiger partial charge in [0.1, 0.15) is 12.6 Å². The van der Waals surface area contributed by atoms with Crippen LogP contribution < -0.4 is 5.32 Å². The van der Waals surface area contributed by atoms with E-state index >= 15 is 0 Å². The van der Waals surface area contributed by atoms with Gasteiger partial charge in [0.15, 0.2) is 0 Å². The van der Waals surface area contributed by atoms with Crippen molar-refractivity contribution in [3.8, 4) is 0 Å². The summed E-state index contributed by atoms with van der Waals surface area (Å²) in [6.07, 6.45) is 0.469. The smallest absolute Gasteiger partial charge is 0.325 e. The Morgan fingerprint density at radius 2 is 2.27 bits per heavy atom. The maximum Gasteiger partial charge on any atom is 0.325 e. The third kappa shape index (κ3) is 3.51. The van der Waals surface area contributed by atoms with Gasteiger partial charge in [-0.3, -0.25) is 9.59 Å². The number of ether oxygens (including phenoxy) is 2. The van der Waals surface area contributed by atoms with Crippen LogP contribution in [0.25, 0.3) is 0 Å². The first-order valence-corrected chi connectivity index (χ1v) is 5.20. The lowest BCUT2D eigenvalue weighted by molar-refractivity contribution is -0.144. The lowest BCUT2D eigenvalue weighted by Crippen LogP contribution is -2.40. The number of hydrogen-bond donors (Lipinski definition) is 1. The van der Waals surface area contributed by atoms with Crippen LogP contribution >= 0.6 is 0 Å². The first kappa shape index (κ1) is 12.0. The van der Waals surface area contributed by atoms with E-state index in [-0.39, 0.29) is 18.4 Å². The van der Waals surface area contributed by atoms with Gasteiger partial charge in [0.05, 0.1) is 6.61 Å². The highest BCUT2D eigenvalue weighted by Gasteiger charge is 2.30. The van der Waals surface area contributed by atoms with Crippen molar-refractivity contribution in [1.29, 1.82) is 0 Å². The van der Waals surface area contributed by atoms with Crippen molar-refractivity contribution < 1.29 is 19.1 Å². The van der Waals surface area contributed by atoms with Crippen molar-refractivity contribution in [3.63, 3.8) is 0 Å². The van der Waals surface area contributed by atoms with E-state index in [1.807, 2.05) is 6.92 Å². The second-order valence-electron chi connectivity index (χ2n) is 3.58. The van der Waals surface area contributed by atoms with E-state index < -0.39 is 12.1 Å². The molecular formula is C10H17NO4. The van der Waals surface area contributed by atoms with Gasteiger partial charge in [0.25, 0.3) is 0 Å². The lowest BCUT2D eigenvalue weighted by atomic mass is 10.0. The molecule has 0 bridgehead atoms. The highest BCUT2D eigenvalue weighted by Crippen LogP contribution is 2.19. The van der Waals surface area contributed by atoms with Crippen molar-refractivity contribution in [2.45, 2.75) is 26.4 Å². The summed E-state index contributed by atoms with van der Waals surface area (Å²) in [7, 11) is 0. The largest absolute Gasteiger partial charge is 0.465 e. The van der Waals surface area contributed by atoms with Crippen molar-refractivity contribution in [2.75, 3.05) is 19.8 Å². The van der Waals surface area contributed by atoms with Crippen LogP contribution in [0.3, 0.4) is 0 Å². The normalized spacial score (nSPS) is 24.9. The van der Waals surface area contributed by atoms with Crippen LogP contribution in [0.2, 0.25) is 0 Å². The van der Waals surface area contributed by atoms with Crippen molar-refractivity contribution in [3.05, 3.63) is 0 Å². The van der Waals surface area contributed by atoms with E-state index in [1.165, 1.54) is 0 Å². The standard InChI is InChI=1S/C10H17NO4/c1-3-14-8(12)6-11-10(13)9-7(2)4-5-15-9/h7,9H,3-6H2,1-2H3,(H,11,13). The highest BCUT2D eigenvalue weighted by atomic mass is 16.5. The Hall–Kier alpha value is -1.10. The quantitative estimate of drug-likeness (QED) is 0.675. The Kier molecular flexibility index (Phi) is 4.55.